The van der Waals surface area contributed by atoms with Gasteiger partial charge in [-0.2, -0.15) is 4.99 Å². The van der Waals surface area contributed by atoms with Gasteiger partial charge in [0.15, 0.2) is 0 Å². The molecule has 0 aromatic rings. The third kappa shape index (κ3) is 8.71. The van der Waals surface area contributed by atoms with E-state index in [0.29, 0.717) is 12.0 Å². The van der Waals surface area contributed by atoms with E-state index in [-0.39, 0.29) is 0 Å². The first-order chi connectivity index (χ1) is 8.61. The average molecular weight is 253 g/mol. The van der Waals surface area contributed by atoms with E-state index in [2.05, 4.69) is 18.5 Å². The Kier molecular flexibility index (Phi) is 9.89. The van der Waals surface area contributed by atoms with Gasteiger partial charge in [-0.15, -0.1) is 0 Å². The van der Waals surface area contributed by atoms with Crippen molar-refractivity contribution in [1.82, 2.24) is 0 Å². The molecule has 0 amide bonds. The van der Waals surface area contributed by atoms with Gasteiger partial charge in [0.1, 0.15) is 0 Å². The summed E-state index contributed by atoms with van der Waals surface area (Å²) in [5, 5.41) is 0. The molecular formula is C14H23NO3. The summed E-state index contributed by atoms with van der Waals surface area (Å²) in [5.41, 5.74) is 0.309. The molecule has 1 unspecified atom stereocenters. The lowest BCUT2D eigenvalue weighted by Gasteiger charge is -2.11. The minimum atomic E-state index is -0.710. The molecule has 0 bridgehead atoms. The molecule has 0 aliphatic carbocycles. The molecule has 0 aromatic heterocycles. The van der Waals surface area contributed by atoms with Crippen molar-refractivity contribution in [3.05, 3.63) is 12.2 Å². The SMILES string of the molecule is C=C(C)C(=O)OC(CCCCCCCC)N=C=O. The van der Waals surface area contributed by atoms with Crippen LogP contribution in [0.2, 0.25) is 0 Å². The summed E-state index contributed by atoms with van der Waals surface area (Å²) in [6, 6.07) is 0. The largest absolute Gasteiger partial charge is 0.436 e. The van der Waals surface area contributed by atoms with Crippen LogP contribution in [-0.2, 0) is 14.3 Å². The van der Waals surface area contributed by atoms with Crippen molar-refractivity contribution in [2.45, 2.75) is 65.0 Å². The molecule has 4 heteroatoms. The molecule has 4 nitrogen and oxygen atoms in total. The summed E-state index contributed by atoms with van der Waals surface area (Å²) < 4.78 is 5.01. The first kappa shape index (κ1) is 16.6. The lowest BCUT2D eigenvalue weighted by molar-refractivity contribution is -0.144. The van der Waals surface area contributed by atoms with E-state index in [0.717, 1.165) is 12.8 Å². The highest BCUT2D eigenvalue weighted by atomic mass is 16.6. The van der Waals surface area contributed by atoms with Crippen LogP contribution >= 0.6 is 0 Å². The van der Waals surface area contributed by atoms with Gasteiger partial charge in [0.05, 0.1) is 0 Å². The third-order valence-electron chi connectivity index (χ3n) is 2.59. The van der Waals surface area contributed by atoms with Gasteiger partial charge in [0.25, 0.3) is 0 Å². The van der Waals surface area contributed by atoms with Crippen LogP contribution in [0.3, 0.4) is 0 Å². The molecular weight excluding hydrogens is 230 g/mol. The van der Waals surface area contributed by atoms with Gasteiger partial charge in [-0.25, -0.2) is 9.59 Å². The molecule has 0 aliphatic rings. The molecule has 0 N–H and O–H groups in total. The fourth-order valence-electron chi connectivity index (χ4n) is 1.53. The Labute approximate surface area is 109 Å². The Morgan fingerprint density at radius 3 is 2.44 bits per heavy atom. The number of esters is 1. The van der Waals surface area contributed by atoms with Crippen molar-refractivity contribution in [2.24, 2.45) is 4.99 Å². The van der Waals surface area contributed by atoms with Gasteiger partial charge in [-0.1, -0.05) is 45.6 Å². The van der Waals surface area contributed by atoms with Crippen LogP contribution in [0, 0.1) is 0 Å². The summed E-state index contributed by atoms with van der Waals surface area (Å²) >= 11 is 0. The number of rotatable bonds is 10. The van der Waals surface area contributed by atoms with Crippen LogP contribution in [0.5, 0.6) is 0 Å². The zero-order chi connectivity index (χ0) is 13.8. The van der Waals surface area contributed by atoms with Gasteiger partial charge < -0.3 is 4.74 Å². The maximum Gasteiger partial charge on any atom is 0.335 e. The molecule has 0 aliphatic heterocycles. The number of aliphatic imine (C=N–C) groups is 1. The standard InChI is InChI=1S/C14H23NO3/c1-4-5-6-7-8-9-10-13(15-11-16)18-14(17)12(2)3/h13H,2,4-10H2,1,3H3. The number of hydrogen-bond donors (Lipinski definition) is 0. The van der Waals surface area contributed by atoms with Crippen molar-refractivity contribution in [3.8, 4) is 0 Å². The Hall–Kier alpha value is -1.41. The van der Waals surface area contributed by atoms with Crippen LogP contribution < -0.4 is 0 Å². The predicted molar refractivity (Wildman–Crippen MR) is 70.8 cm³/mol. The zero-order valence-corrected chi connectivity index (χ0v) is 11.4. The van der Waals surface area contributed by atoms with Gasteiger partial charge in [0.2, 0.25) is 12.3 Å². The molecule has 0 aromatic carbocycles. The second-order valence-electron chi connectivity index (χ2n) is 4.42. The number of unbranched alkanes of at least 4 members (excludes halogenated alkanes) is 5. The zero-order valence-electron chi connectivity index (χ0n) is 11.4. The molecule has 1 atom stereocenters. The van der Waals surface area contributed by atoms with Gasteiger partial charge in [-0.05, 0) is 13.3 Å². The summed E-state index contributed by atoms with van der Waals surface area (Å²) in [5.74, 6) is -0.509. The van der Waals surface area contributed by atoms with Crippen LogP contribution in [0.25, 0.3) is 0 Å². The molecule has 0 rings (SSSR count). The summed E-state index contributed by atoms with van der Waals surface area (Å²) in [7, 11) is 0. The summed E-state index contributed by atoms with van der Waals surface area (Å²) in [6.45, 7) is 7.22. The Bertz CT molecular complexity index is 306. The highest BCUT2D eigenvalue weighted by molar-refractivity contribution is 5.87. The number of ether oxygens (including phenoxy) is 1. The van der Waals surface area contributed by atoms with Crippen molar-refractivity contribution in [3.63, 3.8) is 0 Å². The predicted octanol–water partition coefficient (Wildman–Crippen LogP) is 3.52. The van der Waals surface area contributed by atoms with Crippen molar-refractivity contribution in [1.29, 1.82) is 0 Å². The fourth-order valence-corrected chi connectivity index (χ4v) is 1.53. The topological polar surface area (TPSA) is 55.7 Å². The normalized spacial score (nSPS) is 11.4. The van der Waals surface area contributed by atoms with E-state index in [1.165, 1.54) is 31.8 Å². The first-order valence-corrected chi connectivity index (χ1v) is 6.55. The molecule has 0 radical (unpaired) electrons. The quantitative estimate of drug-likeness (QED) is 0.197. The monoisotopic (exact) mass is 253 g/mol. The maximum absolute atomic E-state index is 11.3. The molecule has 0 heterocycles. The molecule has 0 saturated carbocycles. The van der Waals surface area contributed by atoms with E-state index in [4.69, 9.17) is 4.74 Å². The Balaban J connectivity index is 3.87. The van der Waals surface area contributed by atoms with E-state index in [1.54, 1.807) is 6.92 Å². The smallest absolute Gasteiger partial charge is 0.335 e. The van der Waals surface area contributed by atoms with Crippen molar-refractivity contribution >= 4 is 12.0 Å². The minimum absolute atomic E-state index is 0.309. The molecule has 18 heavy (non-hydrogen) atoms. The highest BCUT2D eigenvalue weighted by Gasteiger charge is 2.13. The molecule has 102 valence electrons. The van der Waals surface area contributed by atoms with Crippen molar-refractivity contribution in [2.75, 3.05) is 0 Å². The Morgan fingerprint density at radius 1 is 1.28 bits per heavy atom. The average Bonchev–Trinajstić information content (AvgIpc) is 2.33. The molecule has 0 fully saturated rings. The van der Waals surface area contributed by atoms with Gasteiger partial charge in [0, 0.05) is 12.0 Å². The van der Waals surface area contributed by atoms with Crippen LogP contribution in [0.4, 0.5) is 0 Å². The fraction of sp³-hybridized carbons (Fsp3) is 0.714. The van der Waals surface area contributed by atoms with E-state index < -0.39 is 12.2 Å². The minimum Gasteiger partial charge on any atom is -0.436 e. The number of carbonyl (C=O) groups is 1. The lowest BCUT2D eigenvalue weighted by atomic mass is 10.1. The van der Waals surface area contributed by atoms with Crippen molar-refractivity contribution < 1.29 is 14.3 Å². The van der Waals surface area contributed by atoms with E-state index >= 15 is 0 Å². The second-order valence-corrected chi connectivity index (χ2v) is 4.42. The van der Waals surface area contributed by atoms with Gasteiger partial charge >= 0.3 is 5.97 Å². The molecule has 0 saturated heterocycles. The van der Waals surface area contributed by atoms with E-state index in [1.807, 2.05) is 0 Å². The van der Waals surface area contributed by atoms with Crippen LogP contribution in [0.15, 0.2) is 17.1 Å². The first-order valence-electron chi connectivity index (χ1n) is 6.55. The molecule has 0 spiro atoms. The number of carbonyl (C=O) groups excluding carboxylic acids is 2. The van der Waals surface area contributed by atoms with E-state index in [9.17, 15) is 9.59 Å². The van der Waals surface area contributed by atoms with Crippen LogP contribution in [-0.4, -0.2) is 18.3 Å². The highest BCUT2D eigenvalue weighted by Crippen LogP contribution is 2.12. The summed E-state index contributed by atoms with van der Waals surface area (Å²) in [4.78, 5) is 25.0. The number of nitrogens with zero attached hydrogens (tertiary/aromatic N) is 1. The second kappa shape index (κ2) is 10.7. The Morgan fingerprint density at radius 2 is 1.89 bits per heavy atom. The summed E-state index contributed by atoms with van der Waals surface area (Å²) in [6.07, 6.45) is 8.12. The number of isocyanates is 1. The van der Waals surface area contributed by atoms with Crippen LogP contribution in [0.1, 0.15) is 58.8 Å². The maximum atomic E-state index is 11.3. The lowest BCUT2D eigenvalue weighted by Crippen LogP contribution is -2.16. The number of hydrogen-bond acceptors (Lipinski definition) is 4. The third-order valence-corrected chi connectivity index (χ3v) is 2.59. The van der Waals surface area contributed by atoms with Gasteiger partial charge in [-0.3, -0.25) is 0 Å².